The number of para-hydroxylation sites is 3. The third-order valence-electron chi connectivity index (χ3n) is 10.2. The molecule has 0 aliphatic heterocycles. The molecule has 234 valence electrons. The molecule has 0 bridgehead atoms. The van der Waals surface area contributed by atoms with E-state index in [4.69, 9.17) is 0 Å². The molecule has 10 aromatic rings. The fraction of sp³-hybridized carbons (Fsp3) is 0. The summed E-state index contributed by atoms with van der Waals surface area (Å²) in [5, 5.41) is 5.06. The summed E-state index contributed by atoms with van der Waals surface area (Å²) in [6.07, 6.45) is 0. The number of hydrogen-bond acceptors (Lipinski definition) is 0. The van der Waals surface area contributed by atoms with E-state index in [1.807, 2.05) is 0 Å². The summed E-state index contributed by atoms with van der Waals surface area (Å²) in [6.45, 7) is 0. The van der Waals surface area contributed by atoms with Gasteiger partial charge in [-0.15, -0.1) is 0 Å². The normalized spacial score (nSPS) is 11.6. The van der Waals surface area contributed by atoms with Crippen LogP contribution in [0.3, 0.4) is 0 Å². The smallest absolute Gasteiger partial charge is 0.0541 e. The molecule has 0 atom stereocenters. The molecule has 0 amide bonds. The van der Waals surface area contributed by atoms with Crippen LogP contribution in [-0.4, -0.2) is 9.13 Å². The lowest BCUT2D eigenvalue weighted by molar-refractivity contribution is 1.18. The van der Waals surface area contributed by atoms with Gasteiger partial charge in [0.25, 0.3) is 0 Å². The van der Waals surface area contributed by atoms with E-state index in [-0.39, 0.29) is 0 Å². The predicted octanol–water partition coefficient (Wildman–Crippen LogP) is 12.9. The quantitative estimate of drug-likeness (QED) is 0.178. The molecule has 8 aromatic carbocycles. The molecule has 2 aromatic heterocycles. The lowest BCUT2D eigenvalue weighted by Crippen LogP contribution is -1.94. The van der Waals surface area contributed by atoms with Crippen LogP contribution in [0, 0.1) is 0 Å². The third kappa shape index (κ3) is 4.50. The largest absolute Gasteiger partial charge is 0.309 e. The molecule has 10 rings (SSSR count). The van der Waals surface area contributed by atoms with E-state index in [1.54, 1.807) is 0 Å². The van der Waals surface area contributed by atoms with Crippen molar-refractivity contribution in [2.24, 2.45) is 0 Å². The second kappa shape index (κ2) is 11.5. The number of nitrogens with zero attached hydrogens (tertiary/aromatic N) is 2. The van der Waals surface area contributed by atoms with E-state index in [9.17, 15) is 0 Å². The van der Waals surface area contributed by atoms with Crippen LogP contribution >= 0.6 is 0 Å². The second-order valence-electron chi connectivity index (χ2n) is 13.0. The Labute approximate surface area is 290 Å². The van der Waals surface area contributed by atoms with Crippen molar-refractivity contribution >= 4 is 43.6 Å². The molecule has 2 heteroatoms. The Morgan fingerprint density at radius 1 is 0.240 bits per heavy atom. The summed E-state index contributed by atoms with van der Waals surface area (Å²) in [7, 11) is 0. The van der Waals surface area contributed by atoms with Crippen molar-refractivity contribution in [3.8, 4) is 44.8 Å². The van der Waals surface area contributed by atoms with Gasteiger partial charge in [-0.3, -0.25) is 0 Å². The van der Waals surface area contributed by atoms with Gasteiger partial charge in [0.05, 0.1) is 22.1 Å². The van der Waals surface area contributed by atoms with E-state index in [0.29, 0.717) is 0 Å². The van der Waals surface area contributed by atoms with Crippen LogP contribution in [0.2, 0.25) is 0 Å². The van der Waals surface area contributed by atoms with Crippen molar-refractivity contribution < 1.29 is 0 Å². The van der Waals surface area contributed by atoms with E-state index in [1.165, 1.54) is 82.7 Å². The molecule has 0 fully saturated rings. The first-order valence-corrected chi connectivity index (χ1v) is 17.2. The lowest BCUT2D eigenvalue weighted by atomic mass is 9.94. The van der Waals surface area contributed by atoms with Crippen molar-refractivity contribution in [3.05, 3.63) is 194 Å². The molecule has 0 unspecified atom stereocenters. The zero-order valence-corrected chi connectivity index (χ0v) is 27.4. The Hall–Kier alpha value is -6.64. The highest BCUT2D eigenvalue weighted by molar-refractivity contribution is 6.11. The van der Waals surface area contributed by atoms with Gasteiger partial charge in [-0.25, -0.2) is 0 Å². The van der Waals surface area contributed by atoms with Gasteiger partial charge < -0.3 is 9.13 Å². The van der Waals surface area contributed by atoms with Crippen LogP contribution in [0.4, 0.5) is 0 Å². The van der Waals surface area contributed by atoms with Crippen LogP contribution in [0.25, 0.3) is 88.4 Å². The minimum atomic E-state index is 1.15. The minimum absolute atomic E-state index is 1.15. The van der Waals surface area contributed by atoms with Gasteiger partial charge in [0.1, 0.15) is 0 Å². The van der Waals surface area contributed by atoms with Crippen LogP contribution in [0.5, 0.6) is 0 Å². The van der Waals surface area contributed by atoms with Gasteiger partial charge >= 0.3 is 0 Å². The molecular weight excluding hydrogens is 605 g/mol. The molecule has 0 aliphatic rings. The molecule has 0 aliphatic carbocycles. The summed E-state index contributed by atoms with van der Waals surface area (Å²) in [4.78, 5) is 0. The van der Waals surface area contributed by atoms with Gasteiger partial charge in [-0.2, -0.15) is 0 Å². The summed E-state index contributed by atoms with van der Waals surface area (Å²) in [5.74, 6) is 0. The second-order valence-corrected chi connectivity index (χ2v) is 13.0. The molecule has 2 heterocycles. The topological polar surface area (TPSA) is 9.86 Å². The first kappa shape index (κ1) is 28.4. The van der Waals surface area contributed by atoms with Crippen LogP contribution in [-0.2, 0) is 0 Å². The maximum Gasteiger partial charge on any atom is 0.0541 e. The average Bonchev–Trinajstić information content (AvgIpc) is 3.71. The van der Waals surface area contributed by atoms with Crippen LogP contribution in [0.1, 0.15) is 0 Å². The van der Waals surface area contributed by atoms with E-state index < -0.39 is 0 Å². The minimum Gasteiger partial charge on any atom is -0.309 e. The molecule has 0 saturated heterocycles. The molecule has 0 spiro atoms. The monoisotopic (exact) mass is 636 g/mol. The Balaban J connectivity index is 1.04. The van der Waals surface area contributed by atoms with E-state index in [0.717, 1.165) is 5.69 Å². The maximum atomic E-state index is 2.40. The number of fused-ring (bicyclic) bond motifs is 6. The lowest BCUT2D eigenvalue weighted by Gasteiger charge is -2.13. The molecule has 0 saturated carbocycles. The fourth-order valence-electron chi connectivity index (χ4n) is 7.83. The number of benzene rings is 8. The van der Waals surface area contributed by atoms with Crippen molar-refractivity contribution in [1.82, 2.24) is 9.13 Å². The zero-order valence-electron chi connectivity index (χ0n) is 27.4. The Kier molecular flexibility index (Phi) is 6.53. The highest BCUT2D eigenvalue weighted by Gasteiger charge is 2.15. The van der Waals surface area contributed by atoms with Crippen molar-refractivity contribution in [1.29, 1.82) is 0 Å². The van der Waals surface area contributed by atoms with Gasteiger partial charge in [0.15, 0.2) is 0 Å². The number of hydrogen-bond donors (Lipinski definition) is 0. The van der Waals surface area contributed by atoms with Crippen molar-refractivity contribution in [2.75, 3.05) is 0 Å². The Morgan fingerprint density at radius 2 is 0.620 bits per heavy atom. The van der Waals surface area contributed by atoms with Gasteiger partial charge in [0, 0.05) is 32.9 Å². The van der Waals surface area contributed by atoms with Crippen molar-refractivity contribution in [3.63, 3.8) is 0 Å². The van der Waals surface area contributed by atoms with E-state index in [2.05, 4.69) is 203 Å². The SMILES string of the molecule is c1ccc(-c2ccccc2-c2ccc(-n3c4ccccc4c4cc(-c5ccc(-n6c7ccccc7c7ccccc76)cc5)ccc43)cc2)cc1. The van der Waals surface area contributed by atoms with Gasteiger partial charge in [-0.1, -0.05) is 140 Å². The summed E-state index contributed by atoms with van der Waals surface area (Å²) < 4.78 is 4.77. The molecule has 50 heavy (non-hydrogen) atoms. The fourth-order valence-corrected chi connectivity index (χ4v) is 7.83. The molecule has 0 N–H and O–H groups in total. The first-order chi connectivity index (χ1) is 24.8. The van der Waals surface area contributed by atoms with Crippen molar-refractivity contribution in [2.45, 2.75) is 0 Å². The maximum absolute atomic E-state index is 2.40. The summed E-state index contributed by atoms with van der Waals surface area (Å²) >= 11 is 0. The standard InChI is InChI=1S/C48H32N2/c1-2-12-34(13-3-1)39-14-4-5-15-40(39)35-24-29-38(30-25-35)50-47-21-11-8-18-43(47)44-32-36(26-31-48(44)50)33-22-27-37(28-23-33)49-45-19-9-6-16-41(45)42-17-7-10-20-46(42)49/h1-32H. The Bertz CT molecular complexity index is 2780. The van der Waals surface area contributed by atoms with Gasteiger partial charge in [-0.05, 0) is 88.0 Å². The average molecular weight is 637 g/mol. The Morgan fingerprint density at radius 3 is 1.16 bits per heavy atom. The van der Waals surface area contributed by atoms with Crippen LogP contribution < -0.4 is 0 Å². The number of aromatic nitrogens is 2. The number of rotatable bonds is 5. The van der Waals surface area contributed by atoms with Crippen LogP contribution in [0.15, 0.2) is 194 Å². The summed E-state index contributed by atoms with van der Waals surface area (Å²) in [6, 6.07) is 70.3. The third-order valence-corrected chi connectivity index (χ3v) is 10.2. The highest BCUT2D eigenvalue weighted by Crippen LogP contribution is 2.38. The van der Waals surface area contributed by atoms with E-state index >= 15 is 0 Å². The molecule has 2 nitrogen and oxygen atoms in total. The summed E-state index contributed by atoms with van der Waals surface area (Å²) in [5.41, 5.74) is 14.5. The zero-order chi connectivity index (χ0) is 33.0. The molecular formula is C48H32N2. The predicted molar refractivity (Wildman–Crippen MR) is 211 cm³/mol. The first-order valence-electron chi connectivity index (χ1n) is 17.2. The highest BCUT2D eigenvalue weighted by atomic mass is 15.0. The molecule has 0 radical (unpaired) electrons. The van der Waals surface area contributed by atoms with Gasteiger partial charge in [0.2, 0.25) is 0 Å².